The van der Waals surface area contributed by atoms with Crippen LogP contribution < -0.4 is 5.32 Å². The fourth-order valence-corrected chi connectivity index (χ4v) is 2.25. The molecule has 0 saturated carbocycles. The molecule has 1 aromatic carbocycles. The molecule has 1 fully saturated rings. The van der Waals surface area contributed by atoms with Crippen LogP contribution in [0.5, 0.6) is 0 Å². The minimum atomic E-state index is -0.430. The van der Waals surface area contributed by atoms with E-state index in [0.29, 0.717) is 6.42 Å². The van der Waals surface area contributed by atoms with E-state index < -0.39 is 5.82 Å². The summed E-state index contributed by atoms with van der Waals surface area (Å²) in [5.74, 6) is -0.384. The highest BCUT2D eigenvalue weighted by molar-refractivity contribution is 6.30. The van der Waals surface area contributed by atoms with Crippen molar-refractivity contribution in [2.75, 3.05) is 0 Å². The van der Waals surface area contributed by atoms with Crippen LogP contribution in [0.3, 0.4) is 0 Å². The highest BCUT2D eigenvalue weighted by Gasteiger charge is 2.17. The summed E-state index contributed by atoms with van der Waals surface area (Å²) >= 11 is 5.64. The molecule has 4 heteroatoms. The van der Waals surface area contributed by atoms with E-state index in [-0.39, 0.29) is 17.0 Å². The number of benzene rings is 1. The summed E-state index contributed by atoms with van der Waals surface area (Å²) in [4.78, 5) is 11.5. The summed E-state index contributed by atoms with van der Waals surface area (Å²) < 4.78 is 13.4. The maximum atomic E-state index is 13.4. The normalized spacial score (nSPS) is 21.5. The van der Waals surface area contributed by atoms with Crippen molar-refractivity contribution in [1.29, 1.82) is 0 Å². The van der Waals surface area contributed by atoms with Crippen LogP contribution in [0.4, 0.5) is 4.39 Å². The van der Waals surface area contributed by atoms with Gasteiger partial charge in [0.1, 0.15) is 5.82 Å². The van der Waals surface area contributed by atoms with Gasteiger partial charge in [0.15, 0.2) is 0 Å². The fraction of sp³-hybridized carbons (Fsp3) is 0.462. The van der Waals surface area contributed by atoms with E-state index >= 15 is 0 Å². The third-order valence-corrected chi connectivity index (χ3v) is 3.38. The summed E-state index contributed by atoms with van der Waals surface area (Å²) in [5, 5.41) is 3.05. The van der Waals surface area contributed by atoms with E-state index in [2.05, 4.69) is 5.32 Å². The van der Waals surface area contributed by atoms with Crippen LogP contribution in [0.2, 0.25) is 5.02 Å². The smallest absolute Gasteiger partial charge is 0.220 e. The average Bonchev–Trinajstić information content (AvgIpc) is 2.27. The first-order valence-electron chi connectivity index (χ1n) is 5.91. The number of hydrogen-bond donors (Lipinski definition) is 1. The van der Waals surface area contributed by atoms with Gasteiger partial charge in [-0.25, -0.2) is 4.39 Å². The van der Waals surface area contributed by atoms with Crippen LogP contribution in [0.1, 0.15) is 43.7 Å². The van der Waals surface area contributed by atoms with Crippen molar-refractivity contribution in [2.45, 2.75) is 38.1 Å². The molecule has 1 aromatic rings. The third kappa shape index (κ3) is 3.19. The van der Waals surface area contributed by atoms with Crippen LogP contribution in [0, 0.1) is 5.82 Å². The van der Waals surface area contributed by atoms with Crippen molar-refractivity contribution < 1.29 is 9.18 Å². The Morgan fingerprint density at radius 1 is 1.29 bits per heavy atom. The molecule has 1 amide bonds. The minimum absolute atomic E-state index is 0.0464. The molecule has 1 aliphatic rings. The Bertz CT molecular complexity index is 422. The molecule has 17 heavy (non-hydrogen) atoms. The van der Waals surface area contributed by atoms with Crippen LogP contribution in [-0.4, -0.2) is 5.91 Å². The largest absolute Gasteiger partial charge is 0.349 e. The minimum Gasteiger partial charge on any atom is -0.349 e. The quantitative estimate of drug-likeness (QED) is 0.816. The molecular formula is C13H15ClFNO. The Morgan fingerprint density at radius 2 is 2.12 bits per heavy atom. The standard InChI is InChI=1S/C13H15ClFNO/c14-10-7-6-9(8-11(10)15)12-4-2-1-3-5-13(17)16-12/h6-8,12H,1-5H2,(H,16,17). The number of halogens is 2. The van der Waals surface area contributed by atoms with Gasteiger partial charge in [0.25, 0.3) is 0 Å². The summed E-state index contributed by atoms with van der Waals surface area (Å²) in [6, 6.07) is 4.64. The number of hydrogen-bond acceptors (Lipinski definition) is 1. The van der Waals surface area contributed by atoms with Crippen molar-refractivity contribution in [3.05, 3.63) is 34.6 Å². The zero-order valence-electron chi connectivity index (χ0n) is 9.51. The molecular weight excluding hydrogens is 241 g/mol. The number of rotatable bonds is 1. The molecule has 1 saturated heterocycles. The second-order valence-electron chi connectivity index (χ2n) is 4.39. The Morgan fingerprint density at radius 3 is 2.88 bits per heavy atom. The monoisotopic (exact) mass is 255 g/mol. The van der Waals surface area contributed by atoms with Gasteiger partial charge < -0.3 is 5.32 Å². The maximum absolute atomic E-state index is 13.4. The van der Waals surface area contributed by atoms with Crippen molar-refractivity contribution in [2.24, 2.45) is 0 Å². The van der Waals surface area contributed by atoms with E-state index in [0.717, 1.165) is 31.2 Å². The summed E-state index contributed by atoms with van der Waals surface area (Å²) in [6.45, 7) is 0. The lowest BCUT2D eigenvalue weighted by Gasteiger charge is -2.21. The van der Waals surface area contributed by atoms with Crippen molar-refractivity contribution >= 4 is 17.5 Å². The van der Waals surface area contributed by atoms with Crippen molar-refractivity contribution in [3.63, 3.8) is 0 Å². The van der Waals surface area contributed by atoms with Crippen LogP contribution in [0.15, 0.2) is 18.2 Å². The van der Waals surface area contributed by atoms with Crippen LogP contribution >= 0.6 is 11.6 Å². The molecule has 0 aromatic heterocycles. The van der Waals surface area contributed by atoms with Gasteiger partial charge in [-0.3, -0.25) is 4.79 Å². The van der Waals surface area contributed by atoms with Gasteiger partial charge in [0, 0.05) is 6.42 Å². The molecule has 1 N–H and O–H groups in total. The molecule has 92 valence electrons. The lowest BCUT2D eigenvalue weighted by molar-refractivity contribution is -0.122. The maximum Gasteiger partial charge on any atom is 0.220 e. The Hall–Kier alpha value is -1.09. The first kappa shape index (κ1) is 12.4. The SMILES string of the molecule is O=C1CCCCCC(c2ccc(Cl)c(F)c2)N1. The second-order valence-corrected chi connectivity index (χ2v) is 4.80. The molecule has 0 aliphatic carbocycles. The zero-order chi connectivity index (χ0) is 12.3. The molecule has 0 radical (unpaired) electrons. The van der Waals surface area contributed by atoms with Crippen molar-refractivity contribution in [3.8, 4) is 0 Å². The van der Waals surface area contributed by atoms with E-state index in [1.807, 2.05) is 0 Å². The van der Waals surface area contributed by atoms with Gasteiger partial charge in [0.2, 0.25) is 5.91 Å². The Balaban J connectivity index is 2.17. The van der Waals surface area contributed by atoms with E-state index in [9.17, 15) is 9.18 Å². The molecule has 1 aliphatic heterocycles. The van der Waals surface area contributed by atoms with E-state index in [1.54, 1.807) is 6.07 Å². The van der Waals surface area contributed by atoms with Crippen LogP contribution in [0.25, 0.3) is 0 Å². The van der Waals surface area contributed by atoms with E-state index in [1.165, 1.54) is 12.1 Å². The highest BCUT2D eigenvalue weighted by atomic mass is 35.5. The second kappa shape index (κ2) is 5.50. The first-order valence-corrected chi connectivity index (χ1v) is 6.29. The first-order chi connectivity index (χ1) is 8.16. The molecule has 1 atom stereocenters. The van der Waals surface area contributed by atoms with Gasteiger partial charge in [-0.1, -0.05) is 30.5 Å². The van der Waals surface area contributed by atoms with Gasteiger partial charge in [-0.05, 0) is 30.5 Å². The molecule has 0 bridgehead atoms. The number of carbonyl (C=O) groups excluding carboxylic acids is 1. The molecule has 1 unspecified atom stereocenters. The van der Waals surface area contributed by atoms with Crippen LogP contribution in [-0.2, 0) is 4.79 Å². The summed E-state index contributed by atoms with van der Waals surface area (Å²) in [5.41, 5.74) is 0.794. The Labute approximate surface area is 105 Å². The highest BCUT2D eigenvalue weighted by Crippen LogP contribution is 2.25. The molecule has 1 heterocycles. The Kier molecular flexibility index (Phi) is 4.00. The summed E-state index contributed by atoms with van der Waals surface area (Å²) in [7, 11) is 0. The fourth-order valence-electron chi connectivity index (χ4n) is 2.13. The number of amides is 1. The van der Waals surface area contributed by atoms with E-state index in [4.69, 9.17) is 11.6 Å². The lowest BCUT2D eigenvalue weighted by atomic mass is 9.97. The third-order valence-electron chi connectivity index (χ3n) is 3.08. The molecule has 2 nitrogen and oxygen atoms in total. The number of nitrogens with one attached hydrogen (secondary N) is 1. The van der Waals surface area contributed by atoms with Gasteiger partial charge in [-0.15, -0.1) is 0 Å². The van der Waals surface area contributed by atoms with Gasteiger partial charge in [-0.2, -0.15) is 0 Å². The predicted molar refractivity (Wildman–Crippen MR) is 65.4 cm³/mol. The van der Waals surface area contributed by atoms with Gasteiger partial charge in [0.05, 0.1) is 11.1 Å². The predicted octanol–water partition coefficient (Wildman–Crippen LogP) is 3.60. The zero-order valence-corrected chi connectivity index (χ0v) is 10.3. The van der Waals surface area contributed by atoms with Gasteiger partial charge >= 0.3 is 0 Å². The topological polar surface area (TPSA) is 29.1 Å². The average molecular weight is 256 g/mol. The molecule has 0 spiro atoms. The lowest BCUT2D eigenvalue weighted by Crippen LogP contribution is -2.29. The summed E-state index contributed by atoms with van der Waals surface area (Å²) in [6.07, 6.45) is 4.46. The molecule has 2 rings (SSSR count). The van der Waals surface area contributed by atoms with Crippen molar-refractivity contribution in [1.82, 2.24) is 5.32 Å². The number of carbonyl (C=O) groups is 1.